The molecule has 2 unspecified atom stereocenters. The third-order valence-corrected chi connectivity index (χ3v) is 8.61. The van der Waals surface area contributed by atoms with E-state index >= 15 is 0 Å². The van der Waals surface area contributed by atoms with Crippen LogP contribution in [0.2, 0.25) is 0 Å². The van der Waals surface area contributed by atoms with E-state index in [-0.39, 0.29) is 42.0 Å². The number of rotatable bonds is 6. The number of nitrogens with zero attached hydrogens (tertiary/aromatic N) is 4. The minimum Gasteiger partial charge on any atom is -0.494 e. The Kier molecular flexibility index (Phi) is 6.60. The molecule has 1 spiro atoms. The Morgan fingerprint density at radius 2 is 2.02 bits per heavy atom. The molecule has 0 saturated carbocycles. The van der Waals surface area contributed by atoms with Crippen LogP contribution in [0, 0.1) is 0 Å². The van der Waals surface area contributed by atoms with E-state index in [2.05, 4.69) is 44.8 Å². The SMILES string of the molecule is COc1cccnc1C(=O)NC[C@@H]1N=C(N)N2C[C@@H](NC(=O)c3cccc4c3OCCC4(C)C)[C@@H](O)C23NC(N)=NC13. The molecule has 1 aromatic carbocycles. The zero-order valence-corrected chi connectivity index (χ0v) is 23.6. The van der Waals surface area contributed by atoms with Crippen molar-refractivity contribution in [3.8, 4) is 11.5 Å². The molecule has 0 aliphatic carbocycles. The van der Waals surface area contributed by atoms with Gasteiger partial charge in [-0.3, -0.25) is 9.59 Å². The number of carbonyl (C=O) groups is 2. The Bertz CT molecular complexity index is 1490. The molecule has 42 heavy (non-hydrogen) atoms. The monoisotopic (exact) mass is 577 g/mol. The molecule has 0 radical (unpaired) electrons. The Balaban J connectivity index is 1.23. The number of methoxy groups -OCH3 is 1. The summed E-state index contributed by atoms with van der Waals surface area (Å²) in [5, 5.41) is 20.6. The fourth-order valence-electron chi connectivity index (χ4n) is 6.40. The quantitative estimate of drug-likeness (QED) is 0.248. The van der Waals surface area contributed by atoms with Gasteiger partial charge in [0.25, 0.3) is 11.8 Å². The molecule has 2 aromatic rings. The van der Waals surface area contributed by atoms with Crippen LogP contribution in [0.1, 0.15) is 46.7 Å². The number of carbonyl (C=O) groups excluding carboxylic acids is 2. The lowest BCUT2D eigenvalue weighted by Gasteiger charge is -2.46. The van der Waals surface area contributed by atoms with E-state index in [0.717, 1.165) is 12.0 Å². The van der Waals surface area contributed by atoms with Crippen LogP contribution < -0.4 is 36.9 Å². The maximum Gasteiger partial charge on any atom is 0.273 e. The van der Waals surface area contributed by atoms with Gasteiger partial charge in [-0.25, -0.2) is 15.0 Å². The van der Waals surface area contributed by atoms with E-state index in [9.17, 15) is 14.7 Å². The molecule has 222 valence electrons. The van der Waals surface area contributed by atoms with Gasteiger partial charge in [-0.2, -0.15) is 0 Å². The minimum atomic E-state index is -1.28. The summed E-state index contributed by atoms with van der Waals surface area (Å²) in [4.78, 5) is 41.4. The Labute approximate surface area is 242 Å². The summed E-state index contributed by atoms with van der Waals surface area (Å²) in [5.41, 5.74) is 12.6. The minimum absolute atomic E-state index is 0.0327. The van der Waals surface area contributed by atoms with Crippen LogP contribution in [0.3, 0.4) is 0 Å². The third-order valence-electron chi connectivity index (χ3n) is 8.61. The van der Waals surface area contributed by atoms with Gasteiger partial charge in [-0.1, -0.05) is 26.0 Å². The van der Waals surface area contributed by atoms with Gasteiger partial charge in [0.05, 0.1) is 31.4 Å². The molecule has 5 atom stereocenters. The van der Waals surface area contributed by atoms with Crippen LogP contribution in [0.25, 0.3) is 0 Å². The highest BCUT2D eigenvalue weighted by Gasteiger charge is 2.65. The fraction of sp³-hybridized carbons (Fsp3) is 0.464. The first-order valence-electron chi connectivity index (χ1n) is 13.8. The molecule has 14 nitrogen and oxygen atoms in total. The lowest BCUT2D eigenvalue weighted by molar-refractivity contribution is 0.0143. The number of para-hydroxylation sites is 1. The molecule has 2 amide bonds. The van der Waals surface area contributed by atoms with Crippen LogP contribution in [0.4, 0.5) is 0 Å². The topological polar surface area (TPSA) is 202 Å². The fourth-order valence-corrected chi connectivity index (χ4v) is 6.40. The molecule has 1 aromatic heterocycles. The summed E-state index contributed by atoms with van der Waals surface area (Å²) in [7, 11) is 1.46. The highest BCUT2D eigenvalue weighted by atomic mass is 16.5. The van der Waals surface area contributed by atoms with E-state index in [1.54, 1.807) is 23.1 Å². The second kappa shape index (κ2) is 10.0. The zero-order valence-electron chi connectivity index (χ0n) is 23.6. The highest BCUT2D eigenvalue weighted by molar-refractivity contribution is 5.98. The molecule has 1 saturated heterocycles. The van der Waals surface area contributed by atoms with Crippen molar-refractivity contribution in [1.29, 1.82) is 0 Å². The van der Waals surface area contributed by atoms with Crippen LogP contribution in [0.5, 0.6) is 11.5 Å². The number of fused-ring (bicyclic) bond motifs is 1. The number of benzene rings is 1. The number of aromatic nitrogens is 1. The Morgan fingerprint density at radius 1 is 1.21 bits per heavy atom. The second-order valence-electron chi connectivity index (χ2n) is 11.5. The summed E-state index contributed by atoms with van der Waals surface area (Å²) < 4.78 is 11.2. The number of aliphatic imine (C=N–C) groups is 2. The standard InChI is InChI=1S/C28H35N9O5/c1-27(2)9-11-42-20-14(6-4-7-15(20)27)23(39)33-17-13-37-26(30)34-16(21-28(37,22(17)38)36-25(29)35-21)12-32-24(40)19-18(41-3)8-5-10-31-19/h4-8,10,16-17,21-22,38H,9,11-13H2,1-3H3,(H2,30,34)(H,32,40)(H,33,39)(H3,29,35,36)/t16-,17+,21?,22+,28?/m0/s1. The van der Waals surface area contributed by atoms with Gasteiger partial charge in [0.15, 0.2) is 23.3 Å². The predicted molar refractivity (Wildman–Crippen MR) is 153 cm³/mol. The van der Waals surface area contributed by atoms with Gasteiger partial charge in [0, 0.05) is 24.8 Å². The first-order valence-corrected chi connectivity index (χ1v) is 13.8. The maximum absolute atomic E-state index is 13.6. The number of hydrogen-bond donors (Lipinski definition) is 6. The molecule has 5 heterocycles. The van der Waals surface area contributed by atoms with Crippen molar-refractivity contribution in [3.05, 3.63) is 53.3 Å². The van der Waals surface area contributed by atoms with E-state index in [1.807, 2.05) is 12.1 Å². The van der Waals surface area contributed by atoms with Gasteiger partial charge >= 0.3 is 0 Å². The molecule has 6 rings (SSSR count). The molecule has 8 N–H and O–H groups in total. The molecular formula is C28H35N9O5. The van der Waals surface area contributed by atoms with Gasteiger partial charge in [0.2, 0.25) is 0 Å². The van der Waals surface area contributed by atoms with Crippen LogP contribution >= 0.6 is 0 Å². The van der Waals surface area contributed by atoms with Crippen LogP contribution in [-0.2, 0) is 5.41 Å². The number of amides is 2. The highest BCUT2D eigenvalue weighted by Crippen LogP contribution is 2.42. The van der Waals surface area contributed by atoms with Crippen LogP contribution in [0.15, 0.2) is 46.5 Å². The van der Waals surface area contributed by atoms with E-state index < -0.39 is 35.8 Å². The van der Waals surface area contributed by atoms with Crippen LogP contribution in [-0.4, -0.2) is 95.4 Å². The predicted octanol–water partition coefficient (Wildman–Crippen LogP) is -0.965. The summed E-state index contributed by atoms with van der Waals surface area (Å²) in [5.74, 6) is 0.256. The number of nitrogens with two attached hydrogens (primary N) is 2. The third kappa shape index (κ3) is 4.24. The van der Waals surface area contributed by atoms with Crippen molar-refractivity contribution in [2.24, 2.45) is 21.5 Å². The van der Waals surface area contributed by atoms with Crippen molar-refractivity contribution >= 4 is 23.7 Å². The number of pyridine rings is 1. The number of aliphatic hydroxyl groups is 1. The number of aliphatic hydroxyl groups excluding tert-OH is 1. The Hall–Kier alpha value is -4.59. The average Bonchev–Trinajstić information content (AvgIpc) is 3.47. The van der Waals surface area contributed by atoms with Crippen molar-refractivity contribution < 1.29 is 24.2 Å². The summed E-state index contributed by atoms with van der Waals surface area (Å²) in [6, 6.07) is 6.69. The molecule has 1 fully saturated rings. The van der Waals surface area contributed by atoms with Crippen molar-refractivity contribution in [2.45, 2.75) is 55.6 Å². The maximum atomic E-state index is 13.6. The molecule has 4 aliphatic rings. The number of hydrogen-bond acceptors (Lipinski definition) is 12. The average molecular weight is 578 g/mol. The molecule has 14 heteroatoms. The smallest absolute Gasteiger partial charge is 0.273 e. The summed E-state index contributed by atoms with van der Waals surface area (Å²) in [6.07, 6.45) is 1.15. The molecule has 0 bridgehead atoms. The van der Waals surface area contributed by atoms with E-state index in [4.69, 9.17) is 20.9 Å². The van der Waals surface area contributed by atoms with Gasteiger partial charge < -0.3 is 46.9 Å². The van der Waals surface area contributed by atoms with Gasteiger partial charge in [-0.15, -0.1) is 0 Å². The molecular weight excluding hydrogens is 542 g/mol. The lowest BCUT2D eigenvalue weighted by Crippen LogP contribution is -2.73. The normalized spacial score (nSPS) is 28.6. The number of nitrogens with one attached hydrogen (secondary N) is 3. The van der Waals surface area contributed by atoms with Crippen molar-refractivity contribution in [3.63, 3.8) is 0 Å². The van der Waals surface area contributed by atoms with Gasteiger partial charge in [0.1, 0.15) is 23.6 Å². The number of ether oxygens (including phenoxy) is 2. The molecule has 4 aliphatic heterocycles. The van der Waals surface area contributed by atoms with E-state index in [0.29, 0.717) is 23.7 Å². The number of guanidine groups is 2. The van der Waals surface area contributed by atoms with Gasteiger partial charge in [-0.05, 0) is 30.0 Å². The van der Waals surface area contributed by atoms with E-state index in [1.165, 1.54) is 13.3 Å². The first kappa shape index (κ1) is 27.6. The Morgan fingerprint density at radius 3 is 2.81 bits per heavy atom. The largest absolute Gasteiger partial charge is 0.494 e. The van der Waals surface area contributed by atoms with Crippen molar-refractivity contribution in [1.82, 2.24) is 25.8 Å². The zero-order chi connectivity index (χ0) is 29.8. The first-order chi connectivity index (χ1) is 20.1. The summed E-state index contributed by atoms with van der Waals surface area (Å²) in [6.45, 7) is 4.94. The summed E-state index contributed by atoms with van der Waals surface area (Å²) >= 11 is 0. The van der Waals surface area contributed by atoms with Crippen molar-refractivity contribution in [2.75, 3.05) is 26.8 Å². The second-order valence-corrected chi connectivity index (χ2v) is 11.5. The lowest BCUT2D eigenvalue weighted by atomic mass is 9.79.